The van der Waals surface area contributed by atoms with Gasteiger partial charge in [0, 0.05) is 68.4 Å². The summed E-state index contributed by atoms with van der Waals surface area (Å²) < 4.78 is 18.1. The minimum Gasteiger partial charge on any atom is -0.507 e. The van der Waals surface area contributed by atoms with E-state index in [9.17, 15) is 30.0 Å². The number of nitrogens with zero attached hydrogens (tertiary/aromatic N) is 3. The van der Waals surface area contributed by atoms with E-state index < -0.39 is 41.1 Å². The van der Waals surface area contributed by atoms with Crippen LogP contribution >= 0.6 is 0 Å². The van der Waals surface area contributed by atoms with E-state index in [0.717, 1.165) is 19.6 Å². The van der Waals surface area contributed by atoms with Crippen LogP contribution in [0.3, 0.4) is 0 Å². The number of aliphatic hydroxyl groups excluding tert-OH is 2. The molecule has 298 valence electrons. The van der Waals surface area contributed by atoms with Crippen molar-refractivity contribution in [1.29, 1.82) is 0 Å². The number of piperidine rings is 1. The molecule has 6 rings (SSSR count). The van der Waals surface area contributed by atoms with Gasteiger partial charge in [0.25, 0.3) is 11.7 Å². The molecule has 1 spiro atoms. The number of nitrogens with one attached hydrogen (secondary N) is 1. The Morgan fingerprint density at radius 2 is 1.76 bits per heavy atom. The molecule has 1 amide bonds. The van der Waals surface area contributed by atoms with Gasteiger partial charge in [0.15, 0.2) is 11.4 Å². The summed E-state index contributed by atoms with van der Waals surface area (Å²) in [7, 11) is 0. The molecule has 5 atom stereocenters. The molecule has 13 heteroatoms. The van der Waals surface area contributed by atoms with Gasteiger partial charge in [0.1, 0.15) is 22.5 Å². The van der Waals surface area contributed by atoms with E-state index in [1.807, 2.05) is 13.8 Å². The van der Waals surface area contributed by atoms with Crippen molar-refractivity contribution in [3.8, 4) is 17.2 Å². The van der Waals surface area contributed by atoms with Crippen LogP contribution in [0.5, 0.6) is 17.2 Å². The van der Waals surface area contributed by atoms with Crippen molar-refractivity contribution in [3.63, 3.8) is 0 Å². The number of carbonyl (C=O) groups excluding carboxylic acids is 2. The summed E-state index contributed by atoms with van der Waals surface area (Å²) in [4.78, 5) is 40.9. The fourth-order valence-corrected chi connectivity index (χ4v) is 8.00. The Balaban J connectivity index is 1.50. The zero-order chi connectivity index (χ0) is 39.8. The summed E-state index contributed by atoms with van der Waals surface area (Å²) in [5, 5.41) is 48.9. The Morgan fingerprint density at radius 1 is 1.05 bits per heavy atom. The highest BCUT2D eigenvalue weighted by molar-refractivity contribution is 6.19. The number of allylic oxidation sites excluding steroid dienone is 3. The van der Waals surface area contributed by atoms with Gasteiger partial charge < -0.3 is 44.9 Å². The molecule has 0 saturated carbocycles. The Morgan fingerprint density at radius 3 is 2.45 bits per heavy atom. The maximum Gasteiger partial charge on any atom is 0.312 e. The number of hydrogen-bond acceptors (Lipinski definition) is 12. The van der Waals surface area contributed by atoms with E-state index in [0.29, 0.717) is 50.2 Å². The van der Waals surface area contributed by atoms with Crippen LogP contribution in [0.15, 0.2) is 46.1 Å². The lowest BCUT2D eigenvalue weighted by molar-refractivity contribution is -0.112. The predicted octanol–water partition coefficient (Wildman–Crippen LogP) is 4.86. The lowest BCUT2D eigenvalue weighted by atomic mass is 9.93. The van der Waals surface area contributed by atoms with Crippen molar-refractivity contribution in [2.75, 3.05) is 31.6 Å². The number of Topliss-reactive ketones (excluding diaryl/α,β-unsaturated/α-hetero) is 1. The van der Waals surface area contributed by atoms with Crippen LogP contribution in [0.2, 0.25) is 0 Å². The smallest absolute Gasteiger partial charge is 0.312 e. The zero-order valence-corrected chi connectivity index (χ0v) is 33.0. The summed E-state index contributed by atoms with van der Waals surface area (Å²) in [6.45, 7) is 15.6. The van der Waals surface area contributed by atoms with Gasteiger partial charge in [-0.05, 0) is 58.4 Å². The van der Waals surface area contributed by atoms with E-state index in [1.165, 1.54) is 13.2 Å². The molecule has 0 aromatic heterocycles. The average Bonchev–Trinajstić information content (AvgIpc) is 3.62. The Bertz CT molecular complexity index is 2050. The van der Waals surface area contributed by atoms with Crippen LogP contribution in [-0.4, -0.2) is 93.0 Å². The molecule has 2 aromatic rings. The standard InChI is InChI=1S/C42H56N4O9/c1-8-53-28-14-9-10-19-54-41(7)39(51)32-30-31(36(49)26(6)38(32)55-41)37(50)35(34-33(30)44-42(45-34)15-17-46(18-16-42)22-23(2)3)43-40(52)25(5)13-11-12-24(4)29(48)21-27(47)20-28/h10-13,19,23-24,27-29,47-50H,8-9,14-18,20-22H2,1-7H3,(H,43,52)/b12-11+,19-10+,25-13-/t24-,27-,28+,29+,41?/m0/s1. The third-order valence-corrected chi connectivity index (χ3v) is 11.1. The molecule has 1 saturated heterocycles. The number of rotatable bonds is 4. The van der Waals surface area contributed by atoms with E-state index in [1.54, 1.807) is 38.2 Å². The highest BCUT2D eigenvalue weighted by atomic mass is 16.7. The lowest BCUT2D eigenvalue weighted by Crippen LogP contribution is -2.43. The molecule has 1 unspecified atom stereocenters. The van der Waals surface area contributed by atoms with E-state index >= 15 is 0 Å². The van der Waals surface area contributed by atoms with Crippen molar-refractivity contribution in [2.45, 2.75) is 117 Å². The third-order valence-electron chi connectivity index (χ3n) is 11.1. The van der Waals surface area contributed by atoms with Gasteiger partial charge in [-0.3, -0.25) is 19.6 Å². The molecular formula is C42H56N4O9. The number of fused-ring (bicyclic) bond motifs is 1. The lowest BCUT2D eigenvalue weighted by Gasteiger charge is -2.36. The number of aliphatic hydroxyl groups is 2. The molecule has 4 heterocycles. The number of phenols is 2. The number of phenolic OH excluding ortho intramolecular Hbond substituents is 2. The minimum atomic E-state index is -1.80. The molecule has 0 aliphatic carbocycles. The van der Waals surface area contributed by atoms with E-state index in [-0.39, 0.29) is 68.2 Å². The first-order valence-electron chi connectivity index (χ1n) is 19.5. The molecular weight excluding hydrogens is 704 g/mol. The summed E-state index contributed by atoms with van der Waals surface area (Å²) in [6, 6.07) is 0. The quantitative estimate of drug-likeness (QED) is 0.270. The van der Waals surface area contributed by atoms with Crippen molar-refractivity contribution in [3.05, 3.63) is 58.0 Å². The Hall–Kier alpha value is -4.30. The molecule has 1 fully saturated rings. The van der Waals surface area contributed by atoms with Crippen molar-refractivity contribution < 1.29 is 44.2 Å². The normalized spacial score (nSPS) is 29.6. The molecule has 13 nitrogen and oxygen atoms in total. The van der Waals surface area contributed by atoms with Gasteiger partial charge in [-0.2, -0.15) is 0 Å². The Labute approximate surface area is 322 Å². The van der Waals surface area contributed by atoms with Crippen LogP contribution in [0, 0.1) is 18.8 Å². The van der Waals surface area contributed by atoms with Crippen molar-refractivity contribution in [1.82, 2.24) is 4.90 Å². The number of likely N-dealkylation sites (tertiary alicyclic amines) is 1. The first kappa shape index (κ1) is 40.4. The summed E-state index contributed by atoms with van der Waals surface area (Å²) in [6.07, 6.45) is 8.97. The molecule has 55 heavy (non-hydrogen) atoms. The fourth-order valence-electron chi connectivity index (χ4n) is 8.00. The highest BCUT2D eigenvalue weighted by Crippen LogP contribution is 2.50. The number of ether oxygens (including phenoxy) is 3. The van der Waals surface area contributed by atoms with Crippen LogP contribution in [-0.2, 0) is 14.3 Å². The van der Waals surface area contributed by atoms with Gasteiger partial charge in [-0.1, -0.05) is 39.0 Å². The third kappa shape index (κ3) is 8.03. The SMILES string of the molecule is CCO[C@@H]1CC/C=C/OC2(C)Oc3c(C)c(O)c4c(O)c(c5c(c4c3C2=O)=NC2(CCN(CC(C)C)CC2)N=5)NC(=O)/C(C)=C\C=C\[C@H](C)[C@H](O)C[C@@H](O)C1. The van der Waals surface area contributed by atoms with Crippen molar-refractivity contribution >= 4 is 28.2 Å². The van der Waals surface area contributed by atoms with Crippen LogP contribution in [0.25, 0.3) is 10.8 Å². The largest absolute Gasteiger partial charge is 0.507 e. The van der Waals surface area contributed by atoms with Gasteiger partial charge in [0.2, 0.25) is 0 Å². The fraction of sp³-hybridized carbons (Fsp3) is 0.571. The average molecular weight is 761 g/mol. The minimum absolute atomic E-state index is 0.0185. The summed E-state index contributed by atoms with van der Waals surface area (Å²) in [5.41, 5.74) is -0.306. The van der Waals surface area contributed by atoms with Crippen LogP contribution in [0.1, 0.15) is 96.0 Å². The zero-order valence-electron chi connectivity index (χ0n) is 33.0. The number of ketones is 1. The second-order valence-electron chi connectivity index (χ2n) is 16.0. The molecule has 0 radical (unpaired) electrons. The maximum absolute atomic E-state index is 14.5. The summed E-state index contributed by atoms with van der Waals surface area (Å²) in [5.74, 6) is -3.36. The number of hydrogen-bond donors (Lipinski definition) is 5. The number of benzene rings is 2. The second-order valence-corrected chi connectivity index (χ2v) is 16.0. The number of aromatic hydroxyl groups is 2. The predicted molar refractivity (Wildman–Crippen MR) is 208 cm³/mol. The van der Waals surface area contributed by atoms with E-state index in [2.05, 4.69) is 24.1 Å². The molecule has 2 aromatic carbocycles. The number of anilines is 1. The van der Waals surface area contributed by atoms with E-state index in [4.69, 9.17) is 24.2 Å². The van der Waals surface area contributed by atoms with Crippen LogP contribution in [0.4, 0.5) is 5.69 Å². The summed E-state index contributed by atoms with van der Waals surface area (Å²) >= 11 is 0. The molecule has 4 aliphatic heterocycles. The Kier molecular flexibility index (Phi) is 11.8. The number of amides is 1. The molecule has 4 bridgehead atoms. The van der Waals surface area contributed by atoms with Crippen molar-refractivity contribution in [2.24, 2.45) is 21.8 Å². The molecule has 5 N–H and O–H groups in total. The van der Waals surface area contributed by atoms with Crippen LogP contribution < -0.4 is 20.8 Å². The van der Waals surface area contributed by atoms with Gasteiger partial charge in [-0.15, -0.1) is 0 Å². The molecule has 4 aliphatic rings. The first-order chi connectivity index (χ1) is 26.1. The topological polar surface area (TPSA) is 183 Å². The second kappa shape index (κ2) is 16.0. The van der Waals surface area contributed by atoms with Gasteiger partial charge >= 0.3 is 5.79 Å². The monoisotopic (exact) mass is 760 g/mol. The highest BCUT2D eigenvalue weighted by Gasteiger charge is 2.50. The number of carbonyl (C=O) groups is 2. The maximum atomic E-state index is 14.5. The van der Waals surface area contributed by atoms with Gasteiger partial charge in [-0.25, -0.2) is 0 Å². The first-order valence-corrected chi connectivity index (χ1v) is 19.5. The van der Waals surface area contributed by atoms with Gasteiger partial charge in [0.05, 0.1) is 40.9 Å².